The summed E-state index contributed by atoms with van der Waals surface area (Å²) in [6.07, 6.45) is 3.81. The van der Waals surface area contributed by atoms with Crippen LogP contribution in [0, 0.1) is 0 Å². The van der Waals surface area contributed by atoms with Crippen molar-refractivity contribution in [3.63, 3.8) is 0 Å². The van der Waals surface area contributed by atoms with E-state index in [4.69, 9.17) is 23.2 Å². The lowest BCUT2D eigenvalue weighted by atomic mass is 10.2. The number of benzene rings is 2. The molecule has 0 fully saturated rings. The number of aliphatic imine (C=N–C) groups is 1. The smallest absolute Gasteiger partial charge is 0.0817 e. The molecule has 0 N–H and O–H groups in total. The molecule has 1 heterocycles. The molecule has 3 aromatic rings. The summed E-state index contributed by atoms with van der Waals surface area (Å²) in [5, 5.41) is 1.13. The third-order valence-corrected chi connectivity index (χ3v) is 4.21. The van der Waals surface area contributed by atoms with E-state index in [0.29, 0.717) is 15.7 Å². The van der Waals surface area contributed by atoms with Crippen LogP contribution in [-0.4, -0.2) is 24.9 Å². The van der Waals surface area contributed by atoms with Crippen molar-refractivity contribution in [2.75, 3.05) is 19.0 Å². The van der Waals surface area contributed by atoms with Gasteiger partial charge in [0.25, 0.3) is 0 Å². The molecule has 0 atom stereocenters. The van der Waals surface area contributed by atoms with Crippen LogP contribution in [0.1, 0.15) is 5.69 Å². The number of nitrogens with zero attached hydrogens (tertiary/aromatic N) is 3. The monoisotopic (exact) mass is 357 g/mol. The Hall–Kier alpha value is -2.23. The summed E-state index contributed by atoms with van der Waals surface area (Å²) in [7, 11) is 4.05. The number of anilines is 1. The van der Waals surface area contributed by atoms with Crippen molar-refractivity contribution in [2.45, 2.75) is 0 Å². The minimum absolute atomic E-state index is 0.534. The van der Waals surface area contributed by atoms with Gasteiger partial charge in [0.05, 0.1) is 22.6 Å². The zero-order valence-corrected chi connectivity index (χ0v) is 15.0. The van der Waals surface area contributed by atoms with Crippen LogP contribution in [0.2, 0.25) is 10.0 Å². The van der Waals surface area contributed by atoms with Crippen LogP contribution in [0.25, 0.3) is 5.69 Å². The first-order valence-corrected chi connectivity index (χ1v) is 8.24. The average molecular weight is 358 g/mol. The van der Waals surface area contributed by atoms with Gasteiger partial charge in [0.15, 0.2) is 0 Å². The van der Waals surface area contributed by atoms with Gasteiger partial charge in [-0.05, 0) is 54.6 Å². The predicted octanol–water partition coefficient (Wildman–Crippen LogP) is 5.60. The van der Waals surface area contributed by atoms with Crippen molar-refractivity contribution in [2.24, 2.45) is 4.99 Å². The molecule has 1 aromatic heterocycles. The molecule has 5 heteroatoms. The highest BCUT2D eigenvalue weighted by atomic mass is 35.5. The van der Waals surface area contributed by atoms with Gasteiger partial charge in [0.1, 0.15) is 0 Å². The second-order valence-corrected chi connectivity index (χ2v) is 6.41. The van der Waals surface area contributed by atoms with Crippen molar-refractivity contribution < 1.29 is 0 Å². The van der Waals surface area contributed by atoms with Crippen LogP contribution in [0.3, 0.4) is 0 Å². The molecule has 0 aliphatic heterocycles. The Morgan fingerprint density at radius 3 is 2.42 bits per heavy atom. The fourth-order valence-electron chi connectivity index (χ4n) is 2.37. The van der Waals surface area contributed by atoms with E-state index in [0.717, 1.165) is 17.1 Å². The van der Waals surface area contributed by atoms with Crippen LogP contribution in [0.4, 0.5) is 11.4 Å². The lowest BCUT2D eigenvalue weighted by Gasteiger charge is -2.13. The highest BCUT2D eigenvalue weighted by Gasteiger charge is 2.03. The Labute approximate surface area is 151 Å². The molecule has 122 valence electrons. The molecule has 3 rings (SSSR count). The summed E-state index contributed by atoms with van der Waals surface area (Å²) in [6, 6.07) is 17.6. The molecule has 0 unspecified atom stereocenters. The Kier molecular flexibility index (Phi) is 4.93. The standard InChI is InChI=1S/C19H17Cl2N3/c1-23(2)15-6-8-16(9-7-15)24-11-3-4-17(24)13-22-19-10-5-14(20)12-18(19)21/h3-13H,1-2H3. The van der Waals surface area contributed by atoms with Crippen LogP contribution in [0.15, 0.2) is 65.8 Å². The van der Waals surface area contributed by atoms with Gasteiger partial charge in [-0.15, -0.1) is 0 Å². The van der Waals surface area contributed by atoms with E-state index in [-0.39, 0.29) is 0 Å². The molecule has 0 bridgehead atoms. The van der Waals surface area contributed by atoms with Gasteiger partial charge >= 0.3 is 0 Å². The number of aromatic nitrogens is 1. The van der Waals surface area contributed by atoms with Gasteiger partial charge < -0.3 is 9.47 Å². The van der Waals surface area contributed by atoms with Crippen molar-refractivity contribution >= 4 is 40.8 Å². The molecule has 0 amide bonds. The molecule has 0 aliphatic carbocycles. The van der Waals surface area contributed by atoms with E-state index >= 15 is 0 Å². The average Bonchev–Trinajstić information content (AvgIpc) is 3.02. The van der Waals surface area contributed by atoms with Crippen molar-refractivity contribution in [3.05, 3.63) is 76.5 Å². The fraction of sp³-hybridized carbons (Fsp3) is 0.105. The molecule has 0 saturated heterocycles. The lowest BCUT2D eigenvalue weighted by Crippen LogP contribution is -2.08. The van der Waals surface area contributed by atoms with Gasteiger partial charge in [-0.1, -0.05) is 23.2 Å². The SMILES string of the molecule is CN(C)c1ccc(-n2cccc2C=Nc2ccc(Cl)cc2Cl)cc1. The molecule has 0 radical (unpaired) electrons. The van der Waals surface area contributed by atoms with E-state index in [2.05, 4.69) is 38.7 Å². The maximum absolute atomic E-state index is 6.16. The summed E-state index contributed by atoms with van der Waals surface area (Å²) < 4.78 is 2.08. The molecular weight excluding hydrogens is 341 g/mol. The summed E-state index contributed by atoms with van der Waals surface area (Å²) in [5.74, 6) is 0. The topological polar surface area (TPSA) is 20.5 Å². The van der Waals surface area contributed by atoms with Gasteiger partial charge in [-0.25, -0.2) is 0 Å². The summed E-state index contributed by atoms with van der Waals surface area (Å²) in [4.78, 5) is 6.55. The molecular formula is C19H17Cl2N3. The minimum Gasteiger partial charge on any atom is -0.378 e. The second kappa shape index (κ2) is 7.12. The van der Waals surface area contributed by atoms with E-state index in [1.807, 2.05) is 32.4 Å². The molecule has 3 nitrogen and oxygen atoms in total. The Balaban J connectivity index is 1.88. The molecule has 0 aliphatic rings. The Morgan fingerprint density at radius 2 is 1.75 bits per heavy atom. The van der Waals surface area contributed by atoms with Crippen LogP contribution in [0.5, 0.6) is 0 Å². The summed E-state index contributed by atoms with van der Waals surface area (Å²) in [5.41, 5.74) is 3.90. The largest absolute Gasteiger partial charge is 0.378 e. The predicted molar refractivity (Wildman–Crippen MR) is 104 cm³/mol. The summed E-state index contributed by atoms with van der Waals surface area (Å²) >= 11 is 12.1. The number of halogens is 2. The third-order valence-electron chi connectivity index (χ3n) is 3.67. The van der Waals surface area contributed by atoms with Crippen LogP contribution >= 0.6 is 23.2 Å². The molecule has 0 spiro atoms. The van der Waals surface area contributed by atoms with Crippen molar-refractivity contribution in [1.82, 2.24) is 4.57 Å². The molecule has 24 heavy (non-hydrogen) atoms. The minimum atomic E-state index is 0.534. The quantitative estimate of drug-likeness (QED) is 0.556. The van der Waals surface area contributed by atoms with E-state index in [1.165, 1.54) is 0 Å². The Bertz CT molecular complexity index is 865. The van der Waals surface area contributed by atoms with Crippen LogP contribution < -0.4 is 4.90 Å². The van der Waals surface area contributed by atoms with Crippen molar-refractivity contribution in [3.8, 4) is 5.69 Å². The highest BCUT2D eigenvalue weighted by Crippen LogP contribution is 2.28. The van der Waals surface area contributed by atoms with Gasteiger partial charge in [-0.2, -0.15) is 0 Å². The third kappa shape index (κ3) is 3.64. The molecule has 0 saturated carbocycles. The molecule has 2 aromatic carbocycles. The maximum atomic E-state index is 6.16. The first-order valence-electron chi connectivity index (χ1n) is 7.49. The fourth-order valence-corrected chi connectivity index (χ4v) is 2.82. The van der Waals surface area contributed by atoms with Crippen molar-refractivity contribution in [1.29, 1.82) is 0 Å². The van der Waals surface area contributed by atoms with E-state index < -0.39 is 0 Å². The second-order valence-electron chi connectivity index (χ2n) is 5.57. The number of rotatable bonds is 4. The highest BCUT2D eigenvalue weighted by molar-refractivity contribution is 6.36. The van der Waals surface area contributed by atoms with Gasteiger partial charge in [0, 0.05) is 36.7 Å². The lowest BCUT2D eigenvalue weighted by molar-refractivity contribution is 1.06. The zero-order chi connectivity index (χ0) is 17.1. The van der Waals surface area contributed by atoms with E-state index in [9.17, 15) is 0 Å². The maximum Gasteiger partial charge on any atom is 0.0817 e. The Morgan fingerprint density at radius 1 is 1.00 bits per heavy atom. The zero-order valence-electron chi connectivity index (χ0n) is 13.4. The van der Waals surface area contributed by atoms with Gasteiger partial charge in [-0.3, -0.25) is 4.99 Å². The normalized spacial score (nSPS) is 11.2. The van der Waals surface area contributed by atoms with E-state index in [1.54, 1.807) is 24.4 Å². The number of hydrogen-bond acceptors (Lipinski definition) is 2. The van der Waals surface area contributed by atoms with Gasteiger partial charge in [0.2, 0.25) is 0 Å². The first kappa shape index (κ1) is 16.6. The van der Waals surface area contributed by atoms with Crippen LogP contribution in [-0.2, 0) is 0 Å². The first-order chi connectivity index (χ1) is 11.5. The summed E-state index contributed by atoms with van der Waals surface area (Å²) in [6.45, 7) is 0. The number of hydrogen-bond donors (Lipinski definition) is 0.